The Labute approximate surface area is 168 Å². The summed E-state index contributed by atoms with van der Waals surface area (Å²) < 4.78 is 1.21. The molecule has 0 unspecified atom stereocenters. The molecule has 0 aliphatic carbocycles. The Balaban J connectivity index is 0.00000210. The zero-order chi connectivity index (χ0) is 18.1. The van der Waals surface area contributed by atoms with E-state index in [2.05, 4.69) is 49.4 Å². The van der Waals surface area contributed by atoms with Crippen LogP contribution in [0.5, 0.6) is 0 Å². The van der Waals surface area contributed by atoms with Crippen molar-refractivity contribution >= 4 is 39.8 Å². The second-order valence-electron chi connectivity index (χ2n) is 6.39. The number of aromatic nitrogens is 1. The fourth-order valence-electron chi connectivity index (χ4n) is 3.09. The highest BCUT2D eigenvalue weighted by atomic mass is 35.5. The first-order valence-electron chi connectivity index (χ1n) is 8.49. The van der Waals surface area contributed by atoms with Crippen LogP contribution in [-0.2, 0) is 6.42 Å². The zero-order valence-corrected chi connectivity index (χ0v) is 16.5. The van der Waals surface area contributed by atoms with Gasteiger partial charge in [0.25, 0.3) is 0 Å². The average Bonchev–Trinajstić information content (AvgIpc) is 3.04. The van der Waals surface area contributed by atoms with Gasteiger partial charge < -0.3 is 5.73 Å². The van der Waals surface area contributed by atoms with Crippen LogP contribution in [-0.4, -0.2) is 10.8 Å². The van der Waals surface area contributed by atoms with Crippen molar-refractivity contribution in [3.8, 4) is 11.1 Å². The largest absolute Gasteiger partial charge is 0.384 e. The van der Waals surface area contributed by atoms with E-state index >= 15 is 0 Å². The van der Waals surface area contributed by atoms with Crippen LogP contribution in [0.4, 0.5) is 0 Å². The summed E-state index contributed by atoms with van der Waals surface area (Å²) in [6.45, 7) is 2.14. The summed E-state index contributed by atoms with van der Waals surface area (Å²) in [6.07, 6.45) is 0.789. The molecule has 3 nitrogen and oxygen atoms in total. The summed E-state index contributed by atoms with van der Waals surface area (Å²) in [5.41, 5.74) is 12.2. The van der Waals surface area contributed by atoms with Crippen LogP contribution in [0, 0.1) is 12.3 Å². The number of aryl methyl sites for hydroxylation is 1. The Bertz CT molecular complexity index is 1100. The van der Waals surface area contributed by atoms with E-state index in [1.807, 2.05) is 24.3 Å². The molecule has 1 aromatic heterocycles. The average molecular weight is 394 g/mol. The van der Waals surface area contributed by atoms with Crippen molar-refractivity contribution in [3.63, 3.8) is 0 Å². The smallest absolute Gasteiger partial charge is 0.122 e. The van der Waals surface area contributed by atoms with Crippen LogP contribution in [0.25, 0.3) is 21.3 Å². The third-order valence-electron chi connectivity index (χ3n) is 4.51. The molecular weight excluding hydrogens is 374 g/mol. The third-order valence-corrected chi connectivity index (χ3v) is 5.54. The maximum atomic E-state index is 7.47. The predicted octanol–water partition coefficient (Wildman–Crippen LogP) is 5.57. The van der Waals surface area contributed by atoms with E-state index in [0.717, 1.165) is 22.5 Å². The molecule has 4 rings (SSSR count). The molecule has 5 heteroatoms. The first kappa shape index (κ1) is 19.1. The number of amidine groups is 1. The summed E-state index contributed by atoms with van der Waals surface area (Å²) in [6, 6.07) is 22.8. The van der Waals surface area contributed by atoms with Gasteiger partial charge in [0.15, 0.2) is 0 Å². The number of nitrogens with two attached hydrogens (primary N) is 1. The number of rotatable bonds is 4. The SMILES string of the molecule is Cc1ccccc1-c1ccc2sc(Cc3ccc(C(=N)N)cc3)nc2c1.Cl. The van der Waals surface area contributed by atoms with Gasteiger partial charge in [-0.2, -0.15) is 0 Å². The quantitative estimate of drug-likeness (QED) is 0.351. The van der Waals surface area contributed by atoms with Crippen molar-refractivity contribution in [1.29, 1.82) is 5.41 Å². The lowest BCUT2D eigenvalue weighted by Crippen LogP contribution is -2.10. The van der Waals surface area contributed by atoms with Crippen molar-refractivity contribution in [2.24, 2.45) is 5.73 Å². The first-order chi connectivity index (χ1) is 12.6. The van der Waals surface area contributed by atoms with Gasteiger partial charge in [0.05, 0.1) is 15.2 Å². The van der Waals surface area contributed by atoms with Crippen LogP contribution in [0.3, 0.4) is 0 Å². The van der Waals surface area contributed by atoms with Crippen molar-refractivity contribution in [2.45, 2.75) is 13.3 Å². The lowest BCUT2D eigenvalue weighted by molar-refractivity contribution is 1.15. The number of fused-ring (bicyclic) bond motifs is 1. The number of nitrogens with one attached hydrogen (secondary N) is 1. The Morgan fingerprint density at radius 2 is 1.78 bits per heavy atom. The molecule has 0 fully saturated rings. The van der Waals surface area contributed by atoms with Gasteiger partial charge in [0, 0.05) is 12.0 Å². The van der Waals surface area contributed by atoms with E-state index < -0.39 is 0 Å². The molecule has 0 saturated heterocycles. The minimum atomic E-state index is 0. The Hall–Kier alpha value is -2.69. The maximum Gasteiger partial charge on any atom is 0.122 e. The van der Waals surface area contributed by atoms with E-state index in [1.165, 1.54) is 27.0 Å². The minimum absolute atomic E-state index is 0. The highest BCUT2D eigenvalue weighted by Gasteiger charge is 2.08. The Morgan fingerprint density at radius 3 is 2.48 bits per heavy atom. The predicted molar refractivity (Wildman–Crippen MR) is 117 cm³/mol. The highest BCUT2D eigenvalue weighted by Crippen LogP contribution is 2.30. The van der Waals surface area contributed by atoms with Crippen molar-refractivity contribution < 1.29 is 0 Å². The summed E-state index contributed by atoms with van der Waals surface area (Å²) >= 11 is 1.73. The molecule has 4 aromatic rings. The molecule has 27 heavy (non-hydrogen) atoms. The number of hydrogen-bond donors (Lipinski definition) is 2. The maximum absolute atomic E-state index is 7.47. The molecule has 0 radical (unpaired) electrons. The molecule has 3 aromatic carbocycles. The molecule has 0 bridgehead atoms. The van der Waals surface area contributed by atoms with E-state index in [0.29, 0.717) is 0 Å². The van der Waals surface area contributed by atoms with Gasteiger partial charge in [-0.25, -0.2) is 4.98 Å². The molecular formula is C22H20ClN3S. The molecule has 0 amide bonds. The van der Waals surface area contributed by atoms with Crippen molar-refractivity contribution in [2.75, 3.05) is 0 Å². The van der Waals surface area contributed by atoms with Gasteiger partial charge >= 0.3 is 0 Å². The zero-order valence-electron chi connectivity index (χ0n) is 14.9. The third kappa shape index (κ3) is 4.02. The van der Waals surface area contributed by atoms with E-state index in [1.54, 1.807) is 11.3 Å². The minimum Gasteiger partial charge on any atom is -0.384 e. The van der Waals surface area contributed by atoms with Gasteiger partial charge in [0.2, 0.25) is 0 Å². The standard InChI is InChI=1S/C22H19N3S.ClH/c1-14-4-2-3-5-18(14)17-10-11-20-19(13-17)25-21(26-20)12-15-6-8-16(9-7-15)22(23)24;/h2-11,13H,12H2,1H3,(H3,23,24);1H. The number of benzene rings is 3. The van der Waals surface area contributed by atoms with Crippen LogP contribution < -0.4 is 5.73 Å². The molecule has 0 atom stereocenters. The lowest BCUT2D eigenvalue weighted by atomic mass is 10.0. The van der Waals surface area contributed by atoms with Gasteiger partial charge in [-0.15, -0.1) is 23.7 Å². The normalized spacial score (nSPS) is 10.6. The monoisotopic (exact) mass is 393 g/mol. The van der Waals surface area contributed by atoms with Crippen LogP contribution in [0.1, 0.15) is 21.7 Å². The van der Waals surface area contributed by atoms with Crippen LogP contribution in [0.2, 0.25) is 0 Å². The summed E-state index contributed by atoms with van der Waals surface area (Å²) in [5, 5.41) is 8.57. The second kappa shape index (κ2) is 7.91. The summed E-state index contributed by atoms with van der Waals surface area (Å²) in [4.78, 5) is 4.83. The lowest BCUT2D eigenvalue weighted by Gasteiger charge is -2.05. The summed E-state index contributed by atoms with van der Waals surface area (Å²) in [7, 11) is 0. The molecule has 0 spiro atoms. The molecule has 1 heterocycles. The number of thiazole rings is 1. The van der Waals surface area contributed by atoms with Crippen molar-refractivity contribution in [1.82, 2.24) is 4.98 Å². The number of nitrogen functional groups attached to an aromatic ring is 1. The fourth-order valence-corrected chi connectivity index (χ4v) is 4.07. The number of hydrogen-bond acceptors (Lipinski definition) is 3. The number of halogens is 1. The molecule has 0 aliphatic rings. The van der Waals surface area contributed by atoms with Gasteiger partial charge in [-0.1, -0.05) is 54.6 Å². The van der Waals surface area contributed by atoms with Crippen molar-refractivity contribution in [3.05, 3.63) is 88.4 Å². The molecule has 0 saturated carbocycles. The fraction of sp³-hybridized carbons (Fsp3) is 0.0909. The first-order valence-corrected chi connectivity index (χ1v) is 9.30. The molecule has 0 aliphatic heterocycles. The van der Waals surface area contributed by atoms with Crippen LogP contribution in [0.15, 0.2) is 66.7 Å². The van der Waals surface area contributed by atoms with Gasteiger partial charge in [0.1, 0.15) is 5.84 Å². The van der Waals surface area contributed by atoms with Gasteiger partial charge in [-0.05, 0) is 41.3 Å². The van der Waals surface area contributed by atoms with E-state index in [9.17, 15) is 0 Å². The van der Waals surface area contributed by atoms with Crippen LogP contribution >= 0.6 is 23.7 Å². The highest BCUT2D eigenvalue weighted by molar-refractivity contribution is 7.18. The Kier molecular flexibility index (Phi) is 5.59. The van der Waals surface area contributed by atoms with Gasteiger partial charge in [-0.3, -0.25) is 5.41 Å². The van der Waals surface area contributed by atoms with E-state index in [-0.39, 0.29) is 18.2 Å². The molecule has 136 valence electrons. The van der Waals surface area contributed by atoms with E-state index in [4.69, 9.17) is 16.1 Å². The molecule has 3 N–H and O–H groups in total. The summed E-state index contributed by atoms with van der Waals surface area (Å²) in [5.74, 6) is 0.0975. The topological polar surface area (TPSA) is 62.8 Å². The number of nitrogens with zero attached hydrogens (tertiary/aromatic N) is 1. The Morgan fingerprint density at radius 1 is 1.04 bits per heavy atom. The second-order valence-corrected chi connectivity index (χ2v) is 7.51.